The van der Waals surface area contributed by atoms with Gasteiger partial charge in [-0.15, -0.1) is 0 Å². The summed E-state index contributed by atoms with van der Waals surface area (Å²) in [7, 11) is 1.84. The van der Waals surface area contributed by atoms with Crippen LogP contribution >= 0.6 is 0 Å². The molecule has 0 bridgehead atoms. The van der Waals surface area contributed by atoms with Crippen molar-refractivity contribution in [2.75, 3.05) is 11.9 Å². The molecule has 0 spiro atoms. The minimum Gasteiger partial charge on any atom is -0.394 e. The van der Waals surface area contributed by atoms with Gasteiger partial charge < -0.3 is 10.2 Å². The molecule has 0 amide bonds. The molecule has 1 aromatic carbocycles. The number of anilines is 1. The van der Waals surface area contributed by atoms with Crippen LogP contribution in [0.4, 0.5) is 11.4 Å². The van der Waals surface area contributed by atoms with Crippen molar-refractivity contribution >= 4 is 11.4 Å². The Morgan fingerprint density at radius 2 is 1.74 bits per heavy atom. The molecule has 23 heavy (non-hydrogen) atoms. The predicted molar refractivity (Wildman–Crippen MR) is 100 cm³/mol. The monoisotopic (exact) mass is 312 g/mol. The summed E-state index contributed by atoms with van der Waals surface area (Å²) in [6.45, 7) is 12.5. The van der Waals surface area contributed by atoms with Crippen LogP contribution in [0.15, 0.2) is 71.2 Å². The van der Waals surface area contributed by atoms with E-state index in [9.17, 15) is 0 Å². The highest BCUT2D eigenvalue weighted by Gasteiger charge is 2.13. The van der Waals surface area contributed by atoms with E-state index in [2.05, 4.69) is 66.9 Å². The molecule has 1 N–H and O–H groups in total. The van der Waals surface area contributed by atoms with Crippen LogP contribution < -0.4 is 10.2 Å². The third kappa shape index (κ3) is 6.10. The van der Waals surface area contributed by atoms with Crippen LogP contribution in [0.25, 0.3) is 0 Å². The lowest BCUT2D eigenvalue weighted by Crippen LogP contribution is -2.36. The largest absolute Gasteiger partial charge is 0.394 e. The van der Waals surface area contributed by atoms with Crippen LogP contribution in [0.2, 0.25) is 0 Å². The Balaban J connectivity index is 2.91. The Kier molecular flexibility index (Phi) is 7.81. The summed E-state index contributed by atoms with van der Waals surface area (Å²) in [4.78, 5) is 2.37. The summed E-state index contributed by atoms with van der Waals surface area (Å²) in [6.07, 6.45) is 7.16. The smallest absolute Gasteiger partial charge is 0.0871 e. The molecule has 0 unspecified atom stereocenters. The maximum absolute atomic E-state index is 4.28. The quantitative estimate of drug-likeness (QED) is 0.529. The van der Waals surface area contributed by atoms with E-state index in [-0.39, 0.29) is 0 Å². The van der Waals surface area contributed by atoms with Gasteiger partial charge >= 0.3 is 0 Å². The van der Waals surface area contributed by atoms with E-state index >= 15 is 0 Å². The van der Waals surface area contributed by atoms with Gasteiger partial charge in [0.25, 0.3) is 0 Å². The third-order valence-corrected chi connectivity index (χ3v) is 3.25. The fourth-order valence-electron chi connectivity index (χ4n) is 2.41. The molecule has 0 aliphatic rings. The first-order valence-electron chi connectivity index (χ1n) is 7.96. The van der Waals surface area contributed by atoms with Gasteiger partial charge in [-0.1, -0.05) is 12.7 Å². The average Bonchev–Trinajstić information content (AvgIpc) is 2.50. The molecule has 4 nitrogen and oxygen atoms in total. The van der Waals surface area contributed by atoms with Gasteiger partial charge in [0.05, 0.1) is 11.4 Å². The van der Waals surface area contributed by atoms with Crippen molar-refractivity contribution in [1.29, 1.82) is 0 Å². The highest BCUT2D eigenvalue weighted by atomic mass is 15.2. The second kappa shape index (κ2) is 9.62. The Hall–Kier alpha value is -2.36. The van der Waals surface area contributed by atoms with Crippen LogP contribution in [-0.4, -0.2) is 19.1 Å². The van der Waals surface area contributed by atoms with Crippen molar-refractivity contribution in [3.8, 4) is 0 Å². The average molecular weight is 312 g/mol. The van der Waals surface area contributed by atoms with Crippen molar-refractivity contribution in [3.05, 3.63) is 61.0 Å². The summed E-state index contributed by atoms with van der Waals surface area (Å²) in [5.74, 6) is 0. The highest BCUT2D eigenvalue weighted by Crippen LogP contribution is 2.24. The molecule has 0 saturated heterocycles. The molecule has 124 valence electrons. The van der Waals surface area contributed by atoms with Crippen molar-refractivity contribution in [1.82, 2.24) is 5.32 Å². The van der Waals surface area contributed by atoms with E-state index in [0.717, 1.165) is 11.4 Å². The van der Waals surface area contributed by atoms with Crippen molar-refractivity contribution in [2.24, 2.45) is 10.2 Å². The number of benzene rings is 1. The number of nitrogens with one attached hydrogen (secondary N) is 1. The summed E-state index contributed by atoms with van der Waals surface area (Å²) < 4.78 is 0. The minimum absolute atomic E-state index is 0.455. The van der Waals surface area contributed by atoms with E-state index < -0.39 is 0 Å². The van der Waals surface area contributed by atoms with Gasteiger partial charge in [-0.3, -0.25) is 0 Å². The normalized spacial score (nSPS) is 12.6. The fraction of sp³-hybridized carbons (Fsp3) is 0.368. The second-order valence-corrected chi connectivity index (χ2v) is 5.76. The van der Waals surface area contributed by atoms with Crippen LogP contribution in [0, 0.1) is 0 Å². The summed E-state index contributed by atoms with van der Waals surface area (Å²) in [6, 6.07) is 9.07. The van der Waals surface area contributed by atoms with Crippen LogP contribution in [-0.2, 0) is 0 Å². The molecule has 1 rings (SSSR count). The van der Waals surface area contributed by atoms with Gasteiger partial charge in [-0.2, -0.15) is 10.2 Å². The molecule has 0 atom stereocenters. The Morgan fingerprint density at radius 1 is 1.13 bits per heavy atom. The van der Waals surface area contributed by atoms with E-state index in [1.807, 2.05) is 31.3 Å². The molecule has 0 aliphatic carbocycles. The number of nitrogens with zero attached hydrogens (tertiary/aromatic N) is 3. The molecular weight excluding hydrogens is 284 g/mol. The summed E-state index contributed by atoms with van der Waals surface area (Å²) in [5, 5.41) is 11.5. The SMILES string of the molecule is C=C/C=C(\C=C/NC)/N=N/c1ccc(N(C(C)C)C(C)C)cc1. The zero-order chi connectivity index (χ0) is 17.2. The maximum atomic E-state index is 4.28. The van der Waals surface area contributed by atoms with Crippen LogP contribution in [0.1, 0.15) is 27.7 Å². The summed E-state index contributed by atoms with van der Waals surface area (Å²) >= 11 is 0. The van der Waals surface area contributed by atoms with E-state index in [1.165, 1.54) is 5.69 Å². The van der Waals surface area contributed by atoms with Crippen molar-refractivity contribution in [3.63, 3.8) is 0 Å². The van der Waals surface area contributed by atoms with Gasteiger partial charge in [-0.25, -0.2) is 0 Å². The number of rotatable bonds is 8. The Bertz CT molecular complexity index is 558. The second-order valence-electron chi connectivity index (χ2n) is 5.76. The Labute approximate surface area is 140 Å². The lowest BCUT2D eigenvalue weighted by atomic mass is 10.2. The zero-order valence-electron chi connectivity index (χ0n) is 14.8. The van der Waals surface area contributed by atoms with E-state index in [0.29, 0.717) is 12.1 Å². The molecule has 0 radical (unpaired) electrons. The van der Waals surface area contributed by atoms with E-state index in [1.54, 1.807) is 12.3 Å². The third-order valence-electron chi connectivity index (χ3n) is 3.25. The Morgan fingerprint density at radius 3 is 2.22 bits per heavy atom. The lowest BCUT2D eigenvalue weighted by Gasteiger charge is -2.33. The first-order chi connectivity index (χ1) is 11.0. The zero-order valence-corrected chi connectivity index (χ0v) is 14.8. The molecule has 0 aliphatic heterocycles. The first kappa shape index (κ1) is 18.7. The van der Waals surface area contributed by atoms with Gasteiger partial charge in [0.15, 0.2) is 0 Å². The molecule has 0 fully saturated rings. The van der Waals surface area contributed by atoms with Gasteiger partial charge in [0, 0.05) is 24.8 Å². The predicted octanol–water partition coefficient (Wildman–Crippen LogP) is 5.20. The number of hydrogen-bond acceptors (Lipinski definition) is 4. The molecule has 0 aromatic heterocycles. The maximum Gasteiger partial charge on any atom is 0.0871 e. The molecule has 0 heterocycles. The highest BCUT2D eigenvalue weighted by molar-refractivity contribution is 5.53. The summed E-state index contributed by atoms with van der Waals surface area (Å²) in [5.41, 5.74) is 2.77. The van der Waals surface area contributed by atoms with Crippen LogP contribution in [0.5, 0.6) is 0 Å². The molecule has 4 heteroatoms. The van der Waals surface area contributed by atoms with Gasteiger partial charge in [0.2, 0.25) is 0 Å². The molecule has 0 saturated carbocycles. The number of azo groups is 1. The van der Waals surface area contributed by atoms with E-state index in [4.69, 9.17) is 0 Å². The minimum atomic E-state index is 0.455. The van der Waals surface area contributed by atoms with Gasteiger partial charge in [-0.05, 0) is 70.3 Å². The topological polar surface area (TPSA) is 40.0 Å². The fourth-order valence-corrected chi connectivity index (χ4v) is 2.41. The van der Waals surface area contributed by atoms with Crippen molar-refractivity contribution in [2.45, 2.75) is 39.8 Å². The van der Waals surface area contributed by atoms with Crippen LogP contribution in [0.3, 0.4) is 0 Å². The number of allylic oxidation sites excluding steroid dienone is 3. The lowest BCUT2D eigenvalue weighted by molar-refractivity contribution is 0.608. The first-order valence-corrected chi connectivity index (χ1v) is 7.96. The molecule has 1 aromatic rings. The van der Waals surface area contributed by atoms with Gasteiger partial charge in [0.1, 0.15) is 0 Å². The number of hydrogen-bond donors (Lipinski definition) is 1. The van der Waals surface area contributed by atoms with Crippen molar-refractivity contribution < 1.29 is 0 Å². The standard InChI is InChI=1S/C19H28N4/c1-7-8-17(13-14-20-6)21-22-18-9-11-19(12-10-18)23(15(2)3)16(4)5/h7-16,20H,1H2,2-6H3/b14-13-,17-8+,22-21+. The molecular formula is C19H28N4.